The average Bonchev–Trinajstić information content (AvgIpc) is 3.35. The Kier molecular flexibility index (Phi) is 6.73. The topological polar surface area (TPSA) is 85.6 Å². The number of anilines is 1. The van der Waals surface area contributed by atoms with Crippen LogP contribution in [-0.2, 0) is 6.54 Å². The highest BCUT2D eigenvalue weighted by atomic mass is 19.1. The predicted octanol–water partition coefficient (Wildman–Crippen LogP) is 4.72. The minimum atomic E-state index is -0.310. The van der Waals surface area contributed by atoms with E-state index in [4.69, 9.17) is 24.5 Å². The van der Waals surface area contributed by atoms with Crippen LogP contribution in [-0.4, -0.2) is 46.4 Å². The van der Waals surface area contributed by atoms with Gasteiger partial charge in [-0.2, -0.15) is 4.52 Å². The van der Waals surface area contributed by atoms with Crippen molar-refractivity contribution in [2.75, 3.05) is 26.1 Å². The Bertz CT molecular complexity index is 1380. The summed E-state index contributed by atoms with van der Waals surface area (Å²) in [5.74, 6) is 2.67. The molecule has 2 atom stereocenters. The average molecular weight is 491 g/mol. The van der Waals surface area contributed by atoms with Crippen molar-refractivity contribution in [1.29, 1.82) is 0 Å². The van der Waals surface area contributed by atoms with Gasteiger partial charge in [0.25, 0.3) is 0 Å². The second-order valence-electron chi connectivity index (χ2n) is 9.24. The highest BCUT2D eigenvalue weighted by molar-refractivity contribution is 5.71. The fourth-order valence-corrected chi connectivity index (χ4v) is 4.66. The Morgan fingerprint density at radius 1 is 1.11 bits per heavy atom. The highest BCUT2D eigenvalue weighted by Gasteiger charge is 2.25. The number of halogens is 1. The van der Waals surface area contributed by atoms with Crippen LogP contribution in [0.15, 0.2) is 42.5 Å². The van der Waals surface area contributed by atoms with E-state index >= 15 is 0 Å². The first kappa shape index (κ1) is 24.0. The minimum Gasteiger partial charge on any atom is -0.497 e. The molecular weight excluding hydrogens is 459 g/mol. The van der Waals surface area contributed by atoms with Crippen molar-refractivity contribution >= 4 is 11.6 Å². The van der Waals surface area contributed by atoms with E-state index < -0.39 is 0 Å². The van der Waals surface area contributed by atoms with Crippen LogP contribution in [0.1, 0.15) is 42.6 Å². The van der Waals surface area contributed by atoms with Gasteiger partial charge in [-0.25, -0.2) is 14.4 Å². The van der Waals surface area contributed by atoms with Crippen LogP contribution in [0.4, 0.5) is 10.3 Å². The number of fused-ring (bicyclic) bond motifs is 1. The number of benzene rings is 2. The zero-order valence-electron chi connectivity index (χ0n) is 21.0. The molecule has 0 radical (unpaired) electrons. The van der Waals surface area contributed by atoms with E-state index in [-0.39, 0.29) is 11.7 Å². The summed E-state index contributed by atoms with van der Waals surface area (Å²) in [6, 6.07) is 12.6. The standard InChI is InChI=1S/C27H31FN6O2/c1-16-8-9-20(15-29-16)25-32-26-17(2)24(18-6-5-7-21(28)12-18)31-27(34(26)33-25)30-14-19-10-11-22(35-3)13-23(19)36-4/h5-7,10-13,16,20,29H,8-9,14-15H2,1-4H3,(H,30,31). The molecule has 9 heteroatoms. The first-order valence-corrected chi connectivity index (χ1v) is 12.2. The van der Waals surface area contributed by atoms with Gasteiger partial charge in [0, 0.05) is 47.8 Å². The summed E-state index contributed by atoms with van der Waals surface area (Å²) in [7, 11) is 3.25. The molecule has 2 unspecified atom stereocenters. The molecule has 188 valence electrons. The lowest BCUT2D eigenvalue weighted by Crippen LogP contribution is -2.36. The molecule has 1 aliphatic rings. The Balaban J connectivity index is 1.56. The van der Waals surface area contributed by atoms with Crippen LogP contribution >= 0.6 is 0 Å². The Labute approximate surface area is 209 Å². The van der Waals surface area contributed by atoms with Crippen LogP contribution in [0.5, 0.6) is 11.5 Å². The third kappa shape index (κ3) is 4.70. The molecule has 5 rings (SSSR count). The largest absolute Gasteiger partial charge is 0.497 e. The normalized spacial score (nSPS) is 17.8. The van der Waals surface area contributed by atoms with Crippen LogP contribution in [0.3, 0.4) is 0 Å². The summed E-state index contributed by atoms with van der Waals surface area (Å²) in [4.78, 5) is 9.83. The van der Waals surface area contributed by atoms with Gasteiger partial charge < -0.3 is 20.1 Å². The molecule has 1 aliphatic heterocycles. The molecule has 1 saturated heterocycles. The third-order valence-corrected chi connectivity index (χ3v) is 6.79. The number of hydrogen-bond acceptors (Lipinski definition) is 7. The number of aryl methyl sites for hydroxylation is 1. The number of piperidine rings is 1. The van der Waals surface area contributed by atoms with Gasteiger partial charge in [0.1, 0.15) is 17.3 Å². The van der Waals surface area contributed by atoms with E-state index in [2.05, 4.69) is 17.6 Å². The second kappa shape index (κ2) is 10.1. The molecule has 1 fully saturated rings. The summed E-state index contributed by atoms with van der Waals surface area (Å²) >= 11 is 0. The molecular formula is C27H31FN6O2. The fourth-order valence-electron chi connectivity index (χ4n) is 4.66. The van der Waals surface area contributed by atoms with E-state index in [1.165, 1.54) is 12.1 Å². The lowest BCUT2D eigenvalue weighted by molar-refractivity contribution is 0.376. The van der Waals surface area contributed by atoms with Gasteiger partial charge in [-0.05, 0) is 51.0 Å². The number of nitrogens with one attached hydrogen (secondary N) is 2. The molecule has 0 bridgehead atoms. The summed E-state index contributed by atoms with van der Waals surface area (Å²) in [6.45, 7) is 5.44. The van der Waals surface area contributed by atoms with Crippen LogP contribution < -0.4 is 20.1 Å². The zero-order chi connectivity index (χ0) is 25.2. The number of ether oxygens (including phenoxy) is 2. The van der Waals surface area contributed by atoms with Gasteiger partial charge in [-0.1, -0.05) is 12.1 Å². The molecule has 2 aromatic carbocycles. The highest BCUT2D eigenvalue weighted by Crippen LogP contribution is 2.30. The maximum Gasteiger partial charge on any atom is 0.226 e. The van der Waals surface area contributed by atoms with Crippen LogP contribution in [0, 0.1) is 12.7 Å². The van der Waals surface area contributed by atoms with Crippen LogP contribution in [0.2, 0.25) is 0 Å². The van der Waals surface area contributed by atoms with Gasteiger partial charge in [-0.15, -0.1) is 5.10 Å². The van der Waals surface area contributed by atoms with Gasteiger partial charge in [-0.3, -0.25) is 0 Å². The van der Waals surface area contributed by atoms with Crippen molar-refractivity contribution in [3.63, 3.8) is 0 Å². The first-order chi connectivity index (χ1) is 17.5. The molecule has 3 heterocycles. The van der Waals surface area contributed by atoms with E-state index in [1.807, 2.05) is 31.2 Å². The monoisotopic (exact) mass is 490 g/mol. The van der Waals surface area contributed by atoms with Gasteiger partial charge in [0.15, 0.2) is 11.5 Å². The van der Waals surface area contributed by atoms with Crippen molar-refractivity contribution in [3.05, 3.63) is 65.2 Å². The quantitative estimate of drug-likeness (QED) is 0.388. The van der Waals surface area contributed by atoms with Crippen molar-refractivity contribution in [2.24, 2.45) is 0 Å². The van der Waals surface area contributed by atoms with Gasteiger partial charge >= 0.3 is 0 Å². The van der Waals surface area contributed by atoms with Crippen molar-refractivity contribution < 1.29 is 13.9 Å². The lowest BCUT2D eigenvalue weighted by atomic mass is 9.95. The van der Waals surface area contributed by atoms with Crippen molar-refractivity contribution in [1.82, 2.24) is 24.9 Å². The molecule has 0 aliphatic carbocycles. The summed E-state index contributed by atoms with van der Waals surface area (Å²) in [5.41, 5.74) is 3.86. The smallest absolute Gasteiger partial charge is 0.226 e. The lowest BCUT2D eigenvalue weighted by Gasteiger charge is -2.25. The predicted molar refractivity (Wildman–Crippen MR) is 137 cm³/mol. The van der Waals surface area contributed by atoms with Crippen LogP contribution in [0.25, 0.3) is 16.9 Å². The third-order valence-electron chi connectivity index (χ3n) is 6.79. The number of nitrogens with zero attached hydrogens (tertiary/aromatic N) is 4. The first-order valence-electron chi connectivity index (χ1n) is 12.2. The SMILES string of the molecule is COc1ccc(CNc2nc(-c3cccc(F)c3)c(C)c3nc(C4CCC(C)NC4)nn23)c(OC)c1. The maximum atomic E-state index is 14.1. The number of rotatable bonds is 7. The molecule has 8 nitrogen and oxygen atoms in total. The van der Waals surface area contributed by atoms with E-state index in [1.54, 1.807) is 24.8 Å². The summed E-state index contributed by atoms with van der Waals surface area (Å²) < 4.78 is 26.7. The van der Waals surface area contributed by atoms with E-state index in [0.717, 1.165) is 42.1 Å². The number of hydrogen-bond donors (Lipinski definition) is 2. The molecule has 2 aromatic heterocycles. The number of aromatic nitrogens is 4. The maximum absolute atomic E-state index is 14.1. The second-order valence-corrected chi connectivity index (χ2v) is 9.24. The fraction of sp³-hybridized carbons (Fsp3) is 0.370. The van der Waals surface area contributed by atoms with Gasteiger partial charge in [0.2, 0.25) is 5.95 Å². The molecule has 36 heavy (non-hydrogen) atoms. The molecule has 0 spiro atoms. The van der Waals surface area contributed by atoms with E-state index in [9.17, 15) is 4.39 Å². The molecule has 4 aromatic rings. The van der Waals surface area contributed by atoms with Gasteiger partial charge in [0.05, 0.1) is 19.9 Å². The minimum absolute atomic E-state index is 0.229. The van der Waals surface area contributed by atoms with Crippen molar-refractivity contribution in [2.45, 2.75) is 45.2 Å². The summed E-state index contributed by atoms with van der Waals surface area (Å²) in [6.07, 6.45) is 2.11. The number of methoxy groups -OCH3 is 2. The van der Waals surface area contributed by atoms with Crippen molar-refractivity contribution in [3.8, 4) is 22.8 Å². The van der Waals surface area contributed by atoms with E-state index in [0.29, 0.717) is 41.2 Å². The molecule has 0 saturated carbocycles. The Morgan fingerprint density at radius 2 is 1.97 bits per heavy atom. The Morgan fingerprint density at radius 3 is 2.69 bits per heavy atom. The molecule has 0 amide bonds. The Hall–Kier alpha value is -3.72. The molecule has 2 N–H and O–H groups in total. The summed E-state index contributed by atoms with van der Waals surface area (Å²) in [5, 5.41) is 11.8. The zero-order valence-corrected chi connectivity index (χ0v) is 21.0.